The molecule has 0 aliphatic rings. The fourth-order valence-electron chi connectivity index (χ4n) is 1.26. The van der Waals surface area contributed by atoms with Gasteiger partial charge in [0.05, 0.1) is 6.61 Å². The van der Waals surface area contributed by atoms with E-state index in [1.165, 1.54) is 10.9 Å². The third-order valence-electron chi connectivity index (χ3n) is 2.00. The first-order valence-corrected chi connectivity index (χ1v) is 5.19. The van der Waals surface area contributed by atoms with Crippen LogP contribution in [0.2, 0.25) is 0 Å². The fraction of sp³-hybridized carbons (Fsp3) is 0.600. The highest BCUT2D eigenvalue weighted by atomic mass is 19.4. The molecule has 0 saturated carbocycles. The van der Waals surface area contributed by atoms with Crippen molar-refractivity contribution in [3.8, 4) is 0 Å². The van der Waals surface area contributed by atoms with Crippen molar-refractivity contribution < 1.29 is 22.7 Å². The van der Waals surface area contributed by atoms with Crippen LogP contribution in [0.25, 0.3) is 0 Å². The highest BCUT2D eigenvalue weighted by Gasteiger charge is 2.33. The molecule has 0 saturated heterocycles. The highest BCUT2D eigenvalue weighted by molar-refractivity contribution is 5.69. The Balaban J connectivity index is 2.38. The molecule has 1 heterocycles. The normalized spacial score (nSPS) is 11.5. The first kappa shape index (κ1) is 13.5. The Hall–Kier alpha value is -1.53. The molecular formula is C10H13F3N2O2. The number of aromatic nitrogens is 2. The molecular weight excluding hydrogens is 237 g/mol. The van der Waals surface area contributed by atoms with Gasteiger partial charge in [-0.3, -0.25) is 9.48 Å². The number of rotatable bonds is 5. The zero-order chi connectivity index (χ0) is 12.9. The van der Waals surface area contributed by atoms with Gasteiger partial charge in [-0.1, -0.05) is 0 Å². The third kappa shape index (κ3) is 4.46. The molecule has 0 aliphatic heterocycles. The lowest BCUT2D eigenvalue weighted by molar-refractivity contribution is -0.143. The van der Waals surface area contributed by atoms with Crippen molar-refractivity contribution in [2.24, 2.45) is 0 Å². The summed E-state index contributed by atoms with van der Waals surface area (Å²) in [4.78, 5) is 11.0. The summed E-state index contributed by atoms with van der Waals surface area (Å²) >= 11 is 0. The van der Waals surface area contributed by atoms with E-state index in [-0.39, 0.29) is 18.9 Å². The lowest BCUT2D eigenvalue weighted by Gasteiger charge is -2.03. The zero-order valence-corrected chi connectivity index (χ0v) is 9.33. The standard InChI is InChI=1S/C10H13F3N2O2/c1-2-17-9(16)4-3-6-15-7-5-8(14-15)10(11,12)13/h5,7H,2-4,6H2,1H3. The summed E-state index contributed by atoms with van der Waals surface area (Å²) in [5.74, 6) is -0.351. The predicted octanol–water partition coefficient (Wildman–Crippen LogP) is 2.25. The van der Waals surface area contributed by atoms with E-state index in [0.29, 0.717) is 13.0 Å². The largest absolute Gasteiger partial charge is 0.466 e. The van der Waals surface area contributed by atoms with Crippen molar-refractivity contribution in [2.75, 3.05) is 6.61 Å². The molecule has 0 aliphatic carbocycles. The van der Waals surface area contributed by atoms with E-state index in [1.807, 2.05) is 0 Å². The molecule has 0 aromatic carbocycles. The Morgan fingerprint density at radius 2 is 2.24 bits per heavy atom. The smallest absolute Gasteiger partial charge is 0.435 e. The second-order valence-electron chi connectivity index (χ2n) is 3.37. The van der Waals surface area contributed by atoms with E-state index in [1.54, 1.807) is 6.92 Å². The van der Waals surface area contributed by atoms with Crippen LogP contribution in [0.1, 0.15) is 25.5 Å². The Bertz CT molecular complexity index is 374. The molecule has 96 valence electrons. The minimum absolute atomic E-state index is 0.176. The number of carbonyl (C=O) groups excluding carboxylic acids is 1. The van der Waals surface area contributed by atoms with Crippen LogP contribution in [0, 0.1) is 0 Å². The van der Waals surface area contributed by atoms with Gasteiger partial charge in [-0.15, -0.1) is 0 Å². The number of halogens is 3. The van der Waals surface area contributed by atoms with E-state index < -0.39 is 11.9 Å². The van der Waals surface area contributed by atoms with Gasteiger partial charge in [-0.05, 0) is 19.4 Å². The lowest BCUT2D eigenvalue weighted by Crippen LogP contribution is -2.09. The quantitative estimate of drug-likeness (QED) is 0.753. The van der Waals surface area contributed by atoms with E-state index in [4.69, 9.17) is 4.74 Å². The number of ether oxygens (including phenoxy) is 1. The van der Waals surface area contributed by atoms with Crippen molar-refractivity contribution >= 4 is 5.97 Å². The summed E-state index contributed by atoms with van der Waals surface area (Å²) in [7, 11) is 0. The average Bonchev–Trinajstić information content (AvgIpc) is 2.66. The molecule has 0 radical (unpaired) electrons. The number of hydrogen-bond acceptors (Lipinski definition) is 3. The van der Waals surface area contributed by atoms with E-state index in [0.717, 1.165) is 6.07 Å². The van der Waals surface area contributed by atoms with E-state index in [9.17, 15) is 18.0 Å². The molecule has 0 spiro atoms. The Labute approximate surface area is 96.4 Å². The number of carbonyl (C=O) groups is 1. The van der Waals surface area contributed by atoms with Crippen molar-refractivity contribution in [3.63, 3.8) is 0 Å². The van der Waals surface area contributed by atoms with Crippen LogP contribution in [-0.2, 0) is 22.3 Å². The van der Waals surface area contributed by atoms with Crippen LogP contribution in [0.15, 0.2) is 12.3 Å². The summed E-state index contributed by atoms with van der Waals surface area (Å²) in [6.45, 7) is 2.26. The summed E-state index contributed by atoms with van der Waals surface area (Å²) in [5.41, 5.74) is -0.923. The van der Waals surface area contributed by atoms with Crippen LogP contribution in [0.3, 0.4) is 0 Å². The minimum atomic E-state index is -4.42. The lowest BCUT2D eigenvalue weighted by atomic mass is 10.3. The first-order valence-electron chi connectivity index (χ1n) is 5.19. The van der Waals surface area contributed by atoms with Gasteiger partial charge < -0.3 is 4.74 Å². The van der Waals surface area contributed by atoms with Crippen LogP contribution in [0.5, 0.6) is 0 Å². The summed E-state index contributed by atoms with van der Waals surface area (Å²) < 4.78 is 42.5. The maximum absolute atomic E-state index is 12.2. The van der Waals surface area contributed by atoms with Gasteiger partial charge >= 0.3 is 12.1 Å². The van der Waals surface area contributed by atoms with Crippen LogP contribution >= 0.6 is 0 Å². The van der Waals surface area contributed by atoms with Crippen molar-refractivity contribution in [1.82, 2.24) is 9.78 Å². The fourth-order valence-corrected chi connectivity index (χ4v) is 1.26. The van der Waals surface area contributed by atoms with Gasteiger partial charge in [0.2, 0.25) is 0 Å². The SMILES string of the molecule is CCOC(=O)CCCn1ccc(C(F)(F)F)n1. The topological polar surface area (TPSA) is 44.1 Å². The summed E-state index contributed by atoms with van der Waals surface area (Å²) in [6.07, 6.45) is -2.60. The molecule has 0 fully saturated rings. The number of esters is 1. The molecule has 7 heteroatoms. The van der Waals surface area contributed by atoms with Gasteiger partial charge in [-0.25, -0.2) is 0 Å². The average molecular weight is 250 g/mol. The van der Waals surface area contributed by atoms with Crippen molar-refractivity contribution in [3.05, 3.63) is 18.0 Å². The number of hydrogen-bond donors (Lipinski definition) is 0. The van der Waals surface area contributed by atoms with Gasteiger partial charge in [0.1, 0.15) is 0 Å². The maximum Gasteiger partial charge on any atom is 0.435 e. The predicted molar refractivity (Wildman–Crippen MR) is 53.1 cm³/mol. The Morgan fingerprint density at radius 3 is 2.76 bits per heavy atom. The molecule has 0 N–H and O–H groups in total. The minimum Gasteiger partial charge on any atom is -0.466 e. The molecule has 1 aromatic rings. The highest BCUT2D eigenvalue weighted by Crippen LogP contribution is 2.27. The monoisotopic (exact) mass is 250 g/mol. The first-order chi connectivity index (χ1) is 7.93. The van der Waals surface area contributed by atoms with Crippen LogP contribution in [0.4, 0.5) is 13.2 Å². The molecule has 1 rings (SSSR count). The third-order valence-corrected chi connectivity index (χ3v) is 2.00. The van der Waals surface area contributed by atoms with Gasteiger partial charge in [0.25, 0.3) is 0 Å². The van der Waals surface area contributed by atoms with Gasteiger partial charge in [0.15, 0.2) is 5.69 Å². The van der Waals surface area contributed by atoms with Crippen molar-refractivity contribution in [2.45, 2.75) is 32.5 Å². The number of alkyl halides is 3. The number of aryl methyl sites for hydroxylation is 1. The molecule has 1 aromatic heterocycles. The zero-order valence-electron chi connectivity index (χ0n) is 9.33. The molecule has 0 unspecified atom stereocenters. The van der Waals surface area contributed by atoms with Gasteiger partial charge in [0, 0.05) is 19.2 Å². The second-order valence-corrected chi connectivity index (χ2v) is 3.37. The summed E-state index contributed by atoms with van der Waals surface area (Å²) in [6, 6.07) is 0.907. The molecule has 17 heavy (non-hydrogen) atoms. The van der Waals surface area contributed by atoms with Crippen molar-refractivity contribution in [1.29, 1.82) is 0 Å². The molecule has 4 nitrogen and oxygen atoms in total. The van der Waals surface area contributed by atoms with Crippen LogP contribution < -0.4 is 0 Å². The molecule has 0 bridgehead atoms. The Kier molecular flexibility index (Phi) is 4.53. The second kappa shape index (κ2) is 5.70. The maximum atomic E-state index is 12.2. The Morgan fingerprint density at radius 1 is 1.53 bits per heavy atom. The molecule has 0 atom stereocenters. The van der Waals surface area contributed by atoms with E-state index >= 15 is 0 Å². The van der Waals surface area contributed by atoms with Gasteiger partial charge in [-0.2, -0.15) is 18.3 Å². The number of nitrogens with zero attached hydrogens (tertiary/aromatic N) is 2. The molecule has 0 amide bonds. The summed E-state index contributed by atoms with van der Waals surface area (Å²) in [5, 5.41) is 3.36. The van der Waals surface area contributed by atoms with Crippen LogP contribution in [-0.4, -0.2) is 22.4 Å². The van der Waals surface area contributed by atoms with E-state index in [2.05, 4.69) is 5.10 Å².